The number of nitrogens with one attached hydrogen (secondary N) is 2. The molecule has 0 aromatic heterocycles. The molecule has 4 aromatic rings. The molecule has 0 spiro atoms. The molecule has 3 aliphatic rings. The molecule has 3 amide bonds. The summed E-state index contributed by atoms with van der Waals surface area (Å²) >= 11 is 0. The van der Waals surface area contributed by atoms with E-state index in [4.69, 9.17) is 9.47 Å². The fourth-order valence-corrected chi connectivity index (χ4v) is 7.79. The Morgan fingerprint density at radius 3 is 2.24 bits per heavy atom. The van der Waals surface area contributed by atoms with Crippen LogP contribution >= 0.6 is 0 Å². The highest BCUT2D eigenvalue weighted by Crippen LogP contribution is 2.44. The minimum absolute atomic E-state index is 0.0535. The molecule has 1 aliphatic carbocycles. The van der Waals surface area contributed by atoms with Crippen molar-refractivity contribution in [3.8, 4) is 11.1 Å². The first-order chi connectivity index (χ1) is 26.4. The molecule has 0 saturated carbocycles. The van der Waals surface area contributed by atoms with E-state index < -0.39 is 30.1 Å². The van der Waals surface area contributed by atoms with E-state index in [0.29, 0.717) is 19.4 Å². The molecule has 2 aliphatic heterocycles. The lowest BCUT2D eigenvalue weighted by Crippen LogP contribution is -2.47. The van der Waals surface area contributed by atoms with Crippen molar-refractivity contribution in [1.82, 2.24) is 15.5 Å². The van der Waals surface area contributed by atoms with Crippen molar-refractivity contribution in [2.24, 2.45) is 5.92 Å². The Kier molecular flexibility index (Phi) is 11.5. The quantitative estimate of drug-likeness (QED) is 0.157. The van der Waals surface area contributed by atoms with Crippen molar-refractivity contribution in [1.29, 1.82) is 0 Å². The topological polar surface area (TPSA) is 134 Å². The zero-order valence-electron chi connectivity index (χ0n) is 30.1. The van der Waals surface area contributed by atoms with Gasteiger partial charge in [0.25, 0.3) is 0 Å². The number of amides is 3. The number of benzene rings is 4. The van der Waals surface area contributed by atoms with E-state index in [1.165, 1.54) is 0 Å². The van der Waals surface area contributed by atoms with Gasteiger partial charge in [0.2, 0.25) is 11.8 Å². The van der Waals surface area contributed by atoms with Crippen molar-refractivity contribution in [3.63, 3.8) is 0 Å². The van der Waals surface area contributed by atoms with Gasteiger partial charge in [0.15, 0.2) is 0 Å². The molecule has 10 nitrogen and oxygen atoms in total. The highest BCUT2D eigenvalue weighted by molar-refractivity contribution is 5.87. The average Bonchev–Trinajstić information content (AvgIpc) is 3.53. The highest BCUT2D eigenvalue weighted by Gasteiger charge is 2.34. The van der Waals surface area contributed by atoms with Crippen LogP contribution in [0.4, 0.5) is 4.79 Å². The first-order valence-corrected chi connectivity index (χ1v) is 18.6. The van der Waals surface area contributed by atoms with Crippen molar-refractivity contribution >= 4 is 23.9 Å². The van der Waals surface area contributed by atoms with Gasteiger partial charge in [0.1, 0.15) is 19.3 Å². The van der Waals surface area contributed by atoms with Gasteiger partial charge in [-0.05, 0) is 64.6 Å². The number of aliphatic hydroxyl groups is 1. The van der Waals surface area contributed by atoms with Crippen LogP contribution < -0.4 is 10.6 Å². The number of cyclic esters (lactones) is 1. The molecule has 7 rings (SSSR count). The number of hydrogen-bond acceptors (Lipinski definition) is 7. The molecular weight excluding hydrogens is 682 g/mol. The standard InChI is InChI=1S/C44H45N3O7/c48-26-33-23-30-15-7-8-17-32(30)25-47(33)41(49)24-31-16-5-2-6-22-39(43(51)53-28-40(45-42(31)50)29-13-3-1-4-14-29)46-44(52)54-27-38-36-20-11-9-18-34(36)35-19-10-12-21-37(35)38/h1-5,7-15,17-21,31,33,38-40,48H,6,16,22-28H2,(H,45,50)(H,46,52). The number of hydrogen-bond donors (Lipinski definition) is 3. The highest BCUT2D eigenvalue weighted by atomic mass is 16.6. The summed E-state index contributed by atoms with van der Waals surface area (Å²) in [7, 11) is 0. The second-order valence-electron chi connectivity index (χ2n) is 14.1. The number of fused-ring (bicyclic) bond motifs is 4. The minimum atomic E-state index is -0.993. The Balaban J connectivity index is 1.04. The number of aliphatic hydroxyl groups excluding tert-OH is 1. The SMILES string of the molecule is O=C(NC1CCC=CCC(CC(=O)N2Cc3ccccc3CC2CO)C(=O)NC(c2ccccc2)COC1=O)OCC1c2ccccc2-c2ccccc21. The number of nitrogens with zero attached hydrogens (tertiary/aromatic N) is 1. The van der Waals surface area contributed by atoms with Crippen molar-refractivity contribution in [3.05, 3.63) is 143 Å². The zero-order chi connectivity index (χ0) is 37.4. The maximum absolute atomic E-state index is 13.9. The molecular formula is C44H45N3O7. The lowest BCUT2D eigenvalue weighted by Gasteiger charge is -2.36. The van der Waals surface area contributed by atoms with E-state index in [0.717, 1.165) is 38.9 Å². The molecule has 54 heavy (non-hydrogen) atoms. The summed E-state index contributed by atoms with van der Waals surface area (Å²) in [6, 6.07) is 31.1. The molecule has 4 aromatic carbocycles. The van der Waals surface area contributed by atoms with Gasteiger partial charge in [-0.1, -0.05) is 115 Å². The molecule has 4 atom stereocenters. The van der Waals surface area contributed by atoms with Crippen molar-refractivity contribution < 1.29 is 33.8 Å². The number of carbonyl (C=O) groups is 4. The Morgan fingerprint density at radius 2 is 1.52 bits per heavy atom. The predicted octanol–water partition coefficient (Wildman–Crippen LogP) is 5.99. The average molecular weight is 728 g/mol. The van der Waals surface area contributed by atoms with Crippen LogP contribution in [0.1, 0.15) is 65.5 Å². The Hall–Kier alpha value is -5.74. The minimum Gasteiger partial charge on any atom is -0.462 e. The monoisotopic (exact) mass is 727 g/mol. The van der Waals surface area contributed by atoms with Crippen LogP contribution in [-0.4, -0.2) is 65.8 Å². The first-order valence-electron chi connectivity index (χ1n) is 18.6. The second kappa shape index (κ2) is 16.9. The number of carbonyl (C=O) groups excluding carboxylic acids is 4. The third-order valence-corrected chi connectivity index (χ3v) is 10.7. The Labute approximate surface area is 315 Å². The largest absolute Gasteiger partial charge is 0.462 e. The van der Waals surface area contributed by atoms with Crippen molar-refractivity contribution in [2.75, 3.05) is 19.8 Å². The van der Waals surface area contributed by atoms with Gasteiger partial charge in [-0.25, -0.2) is 9.59 Å². The van der Waals surface area contributed by atoms with Crippen LogP contribution in [0.2, 0.25) is 0 Å². The molecule has 278 valence electrons. The smallest absolute Gasteiger partial charge is 0.407 e. The molecule has 3 N–H and O–H groups in total. The van der Waals surface area contributed by atoms with Crippen LogP contribution in [-0.2, 0) is 36.8 Å². The van der Waals surface area contributed by atoms with Gasteiger partial charge in [-0.15, -0.1) is 0 Å². The summed E-state index contributed by atoms with van der Waals surface area (Å²) in [6.07, 6.45) is 4.40. The maximum atomic E-state index is 13.9. The number of alkyl carbamates (subject to hydrolysis) is 1. The van der Waals surface area contributed by atoms with Gasteiger partial charge >= 0.3 is 12.1 Å². The molecule has 4 unspecified atom stereocenters. The lowest BCUT2D eigenvalue weighted by atomic mass is 9.92. The first kappa shape index (κ1) is 36.6. The summed E-state index contributed by atoms with van der Waals surface area (Å²) in [4.78, 5) is 56.1. The fourth-order valence-electron chi connectivity index (χ4n) is 7.79. The van der Waals surface area contributed by atoms with Gasteiger partial charge in [0, 0.05) is 18.9 Å². The predicted molar refractivity (Wildman–Crippen MR) is 203 cm³/mol. The van der Waals surface area contributed by atoms with E-state index in [9.17, 15) is 24.3 Å². The maximum Gasteiger partial charge on any atom is 0.407 e. The van der Waals surface area contributed by atoms with Gasteiger partial charge < -0.3 is 30.1 Å². The normalized spacial score (nSPS) is 21.5. The van der Waals surface area contributed by atoms with E-state index >= 15 is 0 Å². The summed E-state index contributed by atoms with van der Waals surface area (Å²) in [5.41, 5.74) is 7.26. The fraction of sp³-hybridized carbons (Fsp3) is 0.318. The summed E-state index contributed by atoms with van der Waals surface area (Å²) < 4.78 is 11.5. The number of ether oxygens (including phenoxy) is 2. The van der Waals surface area contributed by atoms with E-state index in [-0.39, 0.29) is 62.9 Å². The third-order valence-electron chi connectivity index (χ3n) is 10.7. The van der Waals surface area contributed by atoms with E-state index in [2.05, 4.69) is 22.8 Å². The molecule has 0 saturated heterocycles. The Morgan fingerprint density at radius 1 is 0.852 bits per heavy atom. The van der Waals surface area contributed by atoms with Crippen LogP contribution in [0.5, 0.6) is 0 Å². The molecule has 2 heterocycles. The summed E-state index contributed by atoms with van der Waals surface area (Å²) in [6.45, 7) is 0.113. The molecule has 0 bridgehead atoms. The zero-order valence-corrected chi connectivity index (χ0v) is 30.1. The van der Waals surface area contributed by atoms with Crippen LogP contribution in [0.3, 0.4) is 0 Å². The number of allylic oxidation sites excluding steroid dienone is 2. The van der Waals surface area contributed by atoms with Crippen LogP contribution in [0.25, 0.3) is 11.1 Å². The lowest BCUT2D eigenvalue weighted by molar-refractivity contribution is -0.147. The second-order valence-corrected chi connectivity index (χ2v) is 14.1. The van der Waals surface area contributed by atoms with Crippen LogP contribution in [0.15, 0.2) is 115 Å². The molecule has 0 fully saturated rings. The van der Waals surface area contributed by atoms with Gasteiger partial charge in [0.05, 0.1) is 24.6 Å². The molecule has 10 heteroatoms. The molecule has 0 radical (unpaired) electrons. The van der Waals surface area contributed by atoms with Crippen molar-refractivity contribution in [2.45, 2.75) is 62.7 Å². The van der Waals surface area contributed by atoms with E-state index in [1.54, 1.807) is 4.90 Å². The summed E-state index contributed by atoms with van der Waals surface area (Å²) in [5.74, 6) is -2.03. The van der Waals surface area contributed by atoms with Gasteiger partial charge in [-0.3, -0.25) is 9.59 Å². The number of esters is 1. The van der Waals surface area contributed by atoms with Gasteiger partial charge in [-0.2, -0.15) is 0 Å². The third kappa shape index (κ3) is 8.24. The van der Waals surface area contributed by atoms with Crippen LogP contribution in [0, 0.1) is 5.92 Å². The number of rotatable bonds is 7. The Bertz CT molecular complexity index is 1970. The van der Waals surface area contributed by atoms with E-state index in [1.807, 2.05) is 103 Å². The summed E-state index contributed by atoms with van der Waals surface area (Å²) in [5, 5.41) is 15.9.